The van der Waals surface area contributed by atoms with Crippen LogP contribution >= 0.6 is 24.8 Å². The molecule has 0 spiro atoms. The maximum absolute atomic E-state index is 12.1. The van der Waals surface area contributed by atoms with Crippen molar-refractivity contribution in [3.63, 3.8) is 0 Å². The molecule has 1 heterocycles. The summed E-state index contributed by atoms with van der Waals surface area (Å²) in [6.07, 6.45) is 0. The highest BCUT2D eigenvalue weighted by Gasteiger charge is 2.24. The van der Waals surface area contributed by atoms with E-state index in [1.807, 2.05) is 11.8 Å². The van der Waals surface area contributed by atoms with Gasteiger partial charge in [-0.2, -0.15) is 0 Å². The molecule has 1 aromatic rings. The fourth-order valence-corrected chi connectivity index (χ4v) is 2.66. The molecule has 1 aliphatic rings. The normalized spacial score (nSPS) is 15.6. The van der Waals surface area contributed by atoms with Gasteiger partial charge in [0.2, 0.25) is 5.91 Å². The molecule has 1 unspecified atom stereocenters. The lowest BCUT2D eigenvalue weighted by Gasteiger charge is -2.38. The van der Waals surface area contributed by atoms with E-state index in [1.165, 1.54) is 16.8 Å². The van der Waals surface area contributed by atoms with Crippen molar-refractivity contribution in [2.24, 2.45) is 11.7 Å². The summed E-state index contributed by atoms with van der Waals surface area (Å²) in [6, 6.07) is 6.41. The van der Waals surface area contributed by atoms with Gasteiger partial charge < -0.3 is 15.5 Å². The van der Waals surface area contributed by atoms with E-state index in [-0.39, 0.29) is 36.6 Å². The number of carbonyl (C=O) groups excluding carboxylic acids is 1. The minimum Gasteiger partial charge on any atom is -0.368 e. The Morgan fingerprint density at radius 2 is 1.77 bits per heavy atom. The Kier molecular flexibility index (Phi) is 8.83. The standard InChI is InChI=1S/C16H25N3O.2ClH/c1-12-5-4-6-15(14(12)3)18-7-9-19(10-8-18)16(20)13(2)11-17;;/h4-6,13H,7-11,17H2,1-3H3;2*1H. The number of nitrogens with zero attached hydrogens (tertiary/aromatic N) is 2. The molecule has 4 nitrogen and oxygen atoms in total. The van der Waals surface area contributed by atoms with Crippen LogP contribution in [0.1, 0.15) is 18.1 Å². The van der Waals surface area contributed by atoms with Gasteiger partial charge in [-0.05, 0) is 31.0 Å². The van der Waals surface area contributed by atoms with Crippen LogP contribution in [-0.2, 0) is 4.79 Å². The van der Waals surface area contributed by atoms with Gasteiger partial charge >= 0.3 is 0 Å². The highest BCUT2D eigenvalue weighted by Crippen LogP contribution is 2.24. The minimum atomic E-state index is -0.0674. The molecule has 0 saturated carbocycles. The summed E-state index contributed by atoms with van der Waals surface area (Å²) in [6.45, 7) is 10.0. The number of hydrogen-bond acceptors (Lipinski definition) is 3. The van der Waals surface area contributed by atoms with Gasteiger partial charge in [0.15, 0.2) is 0 Å². The molecule has 1 aliphatic heterocycles. The first-order valence-electron chi connectivity index (χ1n) is 7.34. The molecule has 0 aliphatic carbocycles. The first-order valence-corrected chi connectivity index (χ1v) is 7.34. The highest BCUT2D eigenvalue weighted by molar-refractivity contribution is 5.85. The second-order valence-electron chi connectivity index (χ2n) is 5.67. The third kappa shape index (κ3) is 4.51. The van der Waals surface area contributed by atoms with Gasteiger partial charge in [0.1, 0.15) is 0 Å². The van der Waals surface area contributed by atoms with Crippen LogP contribution in [-0.4, -0.2) is 43.5 Å². The maximum Gasteiger partial charge on any atom is 0.226 e. The predicted octanol–water partition coefficient (Wildman–Crippen LogP) is 2.39. The number of aryl methyl sites for hydroxylation is 1. The lowest BCUT2D eigenvalue weighted by Crippen LogP contribution is -2.51. The molecule has 6 heteroatoms. The van der Waals surface area contributed by atoms with Crippen LogP contribution < -0.4 is 10.6 Å². The first-order chi connectivity index (χ1) is 9.54. The highest BCUT2D eigenvalue weighted by atomic mass is 35.5. The molecule has 1 atom stereocenters. The van der Waals surface area contributed by atoms with Gasteiger partial charge in [0, 0.05) is 44.3 Å². The Morgan fingerprint density at radius 1 is 1.18 bits per heavy atom. The van der Waals surface area contributed by atoms with Crippen molar-refractivity contribution in [3.8, 4) is 0 Å². The lowest BCUT2D eigenvalue weighted by molar-refractivity contribution is -0.134. The van der Waals surface area contributed by atoms with Gasteiger partial charge in [0.25, 0.3) is 0 Å². The zero-order chi connectivity index (χ0) is 14.7. The molecule has 2 N–H and O–H groups in total. The number of anilines is 1. The molecule has 0 bridgehead atoms. The zero-order valence-corrected chi connectivity index (χ0v) is 15.2. The molecule has 1 fully saturated rings. The molecule has 0 radical (unpaired) electrons. The lowest BCUT2D eigenvalue weighted by atomic mass is 10.1. The van der Waals surface area contributed by atoms with Gasteiger partial charge in [-0.25, -0.2) is 0 Å². The Balaban J connectivity index is 0.00000220. The fourth-order valence-electron chi connectivity index (χ4n) is 2.66. The summed E-state index contributed by atoms with van der Waals surface area (Å²) >= 11 is 0. The molecular formula is C16H27Cl2N3O. The van der Waals surface area contributed by atoms with Crippen molar-refractivity contribution in [1.82, 2.24) is 4.90 Å². The van der Waals surface area contributed by atoms with Gasteiger partial charge in [-0.1, -0.05) is 19.1 Å². The maximum atomic E-state index is 12.1. The predicted molar refractivity (Wildman–Crippen MR) is 97.4 cm³/mol. The quantitative estimate of drug-likeness (QED) is 0.913. The molecule has 1 amide bonds. The van der Waals surface area contributed by atoms with Crippen LogP contribution in [0.5, 0.6) is 0 Å². The Bertz CT molecular complexity index is 488. The summed E-state index contributed by atoms with van der Waals surface area (Å²) in [5.41, 5.74) is 9.53. The first kappa shape index (κ1) is 21.0. The van der Waals surface area contributed by atoms with Crippen LogP contribution in [0.2, 0.25) is 0 Å². The van der Waals surface area contributed by atoms with E-state index in [1.54, 1.807) is 0 Å². The fraction of sp³-hybridized carbons (Fsp3) is 0.562. The summed E-state index contributed by atoms with van der Waals surface area (Å²) < 4.78 is 0. The molecule has 0 aromatic heterocycles. The smallest absolute Gasteiger partial charge is 0.226 e. The minimum absolute atomic E-state index is 0. The van der Waals surface area contributed by atoms with E-state index < -0.39 is 0 Å². The van der Waals surface area contributed by atoms with Crippen molar-refractivity contribution < 1.29 is 4.79 Å². The van der Waals surface area contributed by atoms with Crippen molar-refractivity contribution in [2.45, 2.75) is 20.8 Å². The SMILES string of the molecule is Cc1cccc(N2CCN(C(=O)C(C)CN)CC2)c1C.Cl.Cl. The van der Waals surface area contributed by atoms with Crippen LogP contribution in [0.4, 0.5) is 5.69 Å². The van der Waals surface area contributed by atoms with Crippen LogP contribution in [0, 0.1) is 19.8 Å². The van der Waals surface area contributed by atoms with Gasteiger partial charge in [-0.15, -0.1) is 24.8 Å². The number of hydrogen-bond donors (Lipinski definition) is 1. The third-order valence-corrected chi connectivity index (χ3v) is 4.28. The van der Waals surface area contributed by atoms with Crippen LogP contribution in [0.15, 0.2) is 18.2 Å². The molecular weight excluding hydrogens is 321 g/mol. The second-order valence-corrected chi connectivity index (χ2v) is 5.67. The summed E-state index contributed by atoms with van der Waals surface area (Å²) in [4.78, 5) is 16.4. The molecule has 126 valence electrons. The van der Waals surface area contributed by atoms with Crippen LogP contribution in [0.25, 0.3) is 0 Å². The topological polar surface area (TPSA) is 49.6 Å². The Morgan fingerprint density at radius 3 is 2.32 bits per heavy atom. The largest absolute Gasteiger partial charge is 0.368 e. The number of amides is 1. The van der Waals surface area contributed by atoms with Gasteiger partial charge in [-0.3, -0.25) is 4.79 Å². The number of piperazine rings is 1. The second kappa shape index (κ2) is 9.23. The summed E-state index contributed by atoms with van der Waals surface area (Å²) in [7, 11) is 0. The molecule has 22 heavy (non-hydrogen) atoms. The number of nitrogens with two attached hydrogens (primary N) is 1. The van der Waals surface area contributed by atoms with E-state index in [0.29, 0.717) is 6.54 Å². The van der Waals surface area contributed by atoms with Gasteiger partial charge in [0.05, 0.1) is 0 Å². The number of rotatable bonds is 3. The average molecular weight is 348 g/mol. The third-order valence-electron chi connectivity index (χ3n) is 4.28. The van der Waals surface area contributed by atoms with E-state index in [2.05, 4.69) is 36.9 Å². The Labute approximate surface area is 145 Å². The van der Waals surface area contributed by atoms with Crippen molar-refractivity contribution in [2.75, 3.05) is 37.6 Å². The number of carbonyl (C=O) groups is 1. The molecule has 2 rings (SSSR count). The van der Waals surface area contributed by atoms with E-state index in [9.17, 15) is 4.79 Å². The average Bonchev–Trinajstić information content (AvgIpc) is 2.48. The zero-order valence-electron chi connectivity index (χ0n) is 13.5. The molecule has 1 aromatic carbocycles. The summed E-state index contributed by atoms with van der Waals surface area (Å²) in [5, 5.41) is 0. The van der Waals surface area contributed by atoms with E-state index in [0.717, 1.165) is 26.2 Å². The van der Waals surface area contributed by atoms with E-state index >= 15 is 0 Å². The van der Waals surface area contributed by atoms with Crippen molar-refractivity contribution >= 4 is 36.4 Å². The molecule has 1 saturated heterocycles. The summed E-state index contributed by atoms with van der Waals surface area (Å²) in [5.74, 6) is 0.121. The van der Waals surface area contributed by atoms with Crippen molar-refractivity contribution in [3.05, 3.63) is 29.3 Å². The monoisotopic (exact) mass is 347 g/mol. The number of benzene rings is 1. The Hall–Kier alpha value is -0.970. The van der Waals surface area contributed by atoms with Crippen LogP contribution in [0.3, 0.4) is 0 Å². The number of halogens is 2. The van der Waals surface area contributed by atoms with E-state index in [4.69, 9.17) is 5.73 Å². The van der Waals surface area contributed by atoms with Crippen molar-refractivity contribution in [1.29, 1.82) is 0 Å².